The summed E-state index contributed by atoms with van der Waals surface area (Å²) in [6.45, 7) is 2.92. The van der Waals surface area contributed by atoms with Crippen LogP contribution in [0.4, 0.5) is 4.39 Å². The van der Waals surface area contributed by atoms with Gasteiger partial charge in [0, 0.05) is 23.8 Å². The van der Waals surface area contributed by atoms with Gasteiger partial charge in [-0.2, -0.15) is 0 Å². The number of aromatic nitrogens is 1. The van der Waals surface area contributed by atoms with Gasteiger partial charge in [0.2, 0.25) is 5.91 Å². The van der Waals surface area contributed by atoms with Gasteiger partial charge in [0.05, 0.1) is 0 Å². The van der Waals surface area contributed by atoms with Gasteiger partial charge in [-0.05, 0) is 55.0 Å². The minimum absolute atomic E-state index is 0.122. The van der Waals surface area contributed by atoms with Crippen molar-refractivity contribution in [3.8, 4) is 0 Å². The summed E-state index contributed by atoms with van der Waals surface area (Å²) in [5.41, 5.74) is 3.15. The molecule has 1 fully saturated rings. The number of halogens is 1. The first-order valence-corrected chi connectivity index (χ1v) is 8.70. The SMILES string of the molecule is Cc1cc2ccccc2n1CC(=O)N(Cc1ccc(F)cc1)C1CC1. The Morgan fingerprint density at radius 2 is 1.88 bits per heavy atom. The minimum Gasteiger partial charge on any atom is -0.335 e. The van der Waals surface area contributed by atoms with Crippen LogP contribution in [0.5, 0.6) is 0 Å². The third-order valence-electron chi connectivity index (χ3n) is 4.89. The molecule has 1 heterocycles. The molecule has 0 saturated heterocycles. The molecule has 0 N–H and O–H groups in total. The summed E-state index contributed by atoms with van der Waals surface area (Å²) in [4.78, 5) is 14.9. The molecule has 1 saturated carbocycles. The first-order valence-electron chi connectivity index (χ1n) is 8.70. The maximum atomic E-state index is 13.1. The number of carbonyl (C=O) groups is 1. The number of benzene rings is 2. The fraction of sp³-hybridized carbons (Fsp3) is 0.286. The van der Waals surface area contributed by atoms with Crippen molar-refractivity contribution in [1.29, 1.82) is 0 Å². The standard InChI is InChI=1S/C21H21FN2O/c1-15-12-17-4-2-3-5-20(17)23(15)14-21(25)24(19-10-11-19)13-16-6-8-18(22)9-7-16/h2-9,12,19H,10-11,13-14H2,1H3. The topological polar surface area (TPSA) is 25.2 Å². The molecule has 1 aliphatic rings. The maximum absolute atomic E-state index is 13.1. The zero-order valence-electron chi connectivity index (χ0n) is 14.3. The third kappa shape index (κ3) is 3.29. The molecule has 3 aromatic rings. The predicted octanol–water partition coefficient (Wildman–Crippen LogP) is 4.28. The van der Waals surface area contributed by atoms with E-state index in [1.165, 1.54) is 12.1 Å². The second-order valence-electron chi connectivity index (χ2n) is 6.81. The Morgan fingerprint density at radius 1 is 1.16 bits per heavy atom. The number of rotatable bonds is 5. The first-order chi connectivity index (χ1) is 12.1. The lowest BCUT2D eigenvalue weighted by Crippen LogP contribution is -2.35. The van der Waals surface area contributed by atoms with E-state index in [9.17, 15) is 9.18 Å². The molecule has 25 heavy (non-hydrogen) atoms. The predicted molar refractivity (Wildman–Crippen MR) is 96.6 cm³/mol. The molecule has 0 atom stereocenters. The van der Waals surface area contributed by atoms with E-state index in [4.69, 9.17) is 0 Å². The van der Waals surface area contributed by atoms with Gasteiger partial charge in [-0.3, -0.25) is 4.79 Å². The highest BCUT2D eigenvalue weighted by atomic mass is 19.1. The number of amides is 1. The molecule has 4 heteroatoms. The van der Waals surface area contributed by atoms with Crippen LogP contribution in [0.3, 0.4) is 0 Å². The van der Waals surface area contributed by atoms with Crippen molar-refractivity contribution in [2.75, 3.05) is 0 Å². The van der Waals surface area contributed by atoms with Crippen LogP contribution >= 0.6 is 0 Å². The van der Waals surface area contributed by atoms with Crippen molar-refractivity contribution in [3.05, 3.63) is 71.7 Å². The number of para-hydroxylation sites is 1. The van der Waals surface area contributed by atoms with Gasteiger partial charge >= 0.3 is 0 Å². The van der Waals surface area contributed by atoms with Crippen LogP contribution in [-0.4, -0.2) is 21.4 Å². The molecule has 0 unspecified atom stereocenters. The van der Waals surface area contributed by atoms with Crippen LogP contribution in [0.25, 0.3) is 10.9 Å². The van der Waals surface area contributed by atoms with Crippen molar-refractivity contribution >= 4 is 16.8 Å². The average molecular weight is 336 g/mol. The van der Waals surface area contributed by atoms with Gasteiger partial charge in [0.1, 0.15) is 12.4 Å². The second kappa shape index (κ2) is 6.36. The van der Waals surface area contributed by atoms with Crippen LogP contribution in [0.1, 0.15) is 24.1 Å². The van der Waals surface area contributed by atoms with E-state index in [2.05, 4.69) is 22.8 Å². The van der Waals surface area contributed by atoms with Crippen molar-refractivity contribution in [2.45, 2.75) is 38.9 Å². The number of hydrogen-bond acceptors (Lipinski definition) is 1. The van der Waals surface area contributed by atoms with Crippen LogP contribution in [0.15, 0.2) is 54.6 Å². The molecule has 1 amide bonds. The zero-order valence-corrected chi connectivity index (χ0v) is 14.3. The van der Waals surface area contributed by atoms with Gasteiger partial charge < -0.3 is 9.47 Å². The van der Waals surface area contributed by atoms with Gasteiger partial charge in [0.15, 0.2) is 0 Å². The third-order valence-corrected chi connectivity index (χ3v) is 4.89. The maximum Gasteiger partial charge on any atom is 0.243 e. The van der Waals surface area contributed by atoms with Crippen molar-refractivity contribution in [3.63, 3.8) is 0 Å². The monoisotopic (exact) mass is 336 g/mol. The van der Waals surface area contributed by atoms with Gasteiger partial charge in [-0.1, -0.05) is 30.3 Å². The Hall–Kier alpha value is -2.62. The average Bonchev–Trinajstić information content (AvgIpc) is 3.40. The van der Waals surface area contributed by atoms with E-state index in [1.54, 1.807) is 12.1 Å². The Morgan fingerprint density at radius 3 is 2.60 bits per heavy atom. The smallest absolute Gasteiger partial charge is 0.243 e. The van der Waals surface area contributed by atoms with Crippen LogP contribution < -0.4 is 0 Å². The fourth-order valence-electron chi connectivity index (χ4n) is 3.38. The van der Waals surface area contributed by atoms with Gasteiger partial charge in [0.25, 0.3) is 0 Å². The van der Waals surface area contributed by atoms with Crippen LogP contribution in [0.2, 0.25) is 0 Å². The molecule has 4 rings (SSSR count). The molecule has 0 bridgehead atoms. The second-order valence-corrected chi connectivity index (χ2v) is 6.81. The molecule has 1 aromatic heterocycles. The van der Waals surface area contributed by atoms with E-state index < -0.39 is 0 Å². The molecule has 0 aliphatic heterocycles. The van der Waals surface area contributed by atoms with Crippen LogP contribution in [-0.2, 0) is 17.9 Å². The van der Waals surface area contributed by atoms with Gasteiger partial charge in [-0.25, -0.2) is 4.39 Å². The fourth-order valence-corrected chi connectivity index (χ4v) is 3.38. The summed E-state index contributed by atoms with van der Waals surface area (Å²) in [6, 6.07) is 17.0. The molecule has 0 spiro atoms. The van der Waals surface area contributed by atoms with Gasteiger partial charge in [-0.15, -0.1) is 0 Å². The van der Waals surface area contributed by atoms with Crippen LogP contribution in [0, 0.1) is 12.7 Å². The van der Waals surface area contributed by atoms with E-state index in [0.29, 0.717) is 19.1 Å². The van der Waals surface area contributed by atoms with Crippen molar-refractivity contribution in [2.24, 2.45) is 0 Å². The van der Waals surface area contributed by atoms with E-state index in [1.807, 2.05) is 24.0 Å². The highest BCUT2D eigenvalue weighted by Gasteiger charge is 2.32. The summed E-state index contributed by atoms with van der Waals surface area (Å²) in [7, 11) is 0. The number of aryl methyl sites for hydroxylation is 1. The number of fused-ring (bicyclic) bond motifs is 1. The lowest BCUT2D eigenvalue weighted by Gasteiger charge is -2.23. The summed E-state index contributed by atoms with van der Waals surface area (Å²) in [5.74, 6) is -0.126. The van der Waals surface area contributed by atoms with E-state index in [-0.39, 0.29) is 11.7 Å². The highest BCUT2D eigenvalue weighted by Crippen LogP contribution is 2.29. The lowest BCUT2D eigenvalue weighted by molar-refractivity contribution is -0.133. The largest absolute Gasteiger partial charge is 0.335 e. The van der Waals surface area contributed by atoms with E-state index >= 15 is 0 Å². The van der Waals surface area contributed by atoms with Crippen molar-refractivity contribution in [1.82, 2.24) is 9.47 Å². The quantitative estimate of drug-likeness (QED) is 0.683. The molecule has 3 nitrogen and oxygen atoms in total. The number of hydrogen-bond donors (Lipinski definition) is 0. The highest BCUT2D eigenvalue weighted by molar-refractivity contribution is 5.84. The minimum atomic E-state index is -0.248. The number of carbonyl (C=O) groups excluding carboxylic acids is 1. The molecule has 128 valence electrons. The Kier molecular flexibility index (Phi) is 4.04. The molecular formula is C21H21FN2O. The summed E-state index contributed by atoms with van der Waals surface area (Å²) < 4.78 is 15.2. The normalized spacial score (nSPS) is 14.0. The molecular weight excluding hydrogens is 315 g/mol. The summed E-state index contributed by atoms with van der Waals surface area (Å²) in [5, 5.41) is 1.16. The van der Waals surface area contributed by atoms with E-state index in [0.717, 1.165) is 35.0 Å². The number of nitrogens with zero attached hydrogens (tertiary/aromatic N) is 2. The Labute approximate surface area is 146 Å². The first kappa shape index (κ1) is 15.9. The Balaban J connectivity index is 1.56. The zero-order chi connectivity index (χ0) is 17.4. The summed E-state index contributed by atoms with van der Waals surface area (Å²) in [6.07, 6.45) is 2.11. The summed E-state index contributed by atoms with van der Waals surface area (Å²) >= 11 is 0. The lowest BCUT2D eigenvalue weighted by atomic mass is 10.2. The Bertz CT molecular complexity index is 909. The molecule has 0 radical (unpaired) electrons. The molecule has 2 aromatic carbocycles. The molecule has 1 aliphatic carbocycles. The van der Waals surface area contributed by atoms with Crippen molar-refractivity contribution < 1.29 is 9.18 Å².